The molecule has 0 unspecified atom stereocenters. The third kappa shape index (κ3) is 6.45. The van der Waals surface area contributed by atoms with Gasteiger partial charge in [0, 0.05) is 29.9 Å². The van der Waals surface area contributed by atoms with E-state index in [4.69, 9.17) is 11.6 Å². The number of hydrogen-bond acceptors (Lipinski definition) is 6. The van der Waals surface area contributed by atoms with Crippen LogP contribution in [-0.4, -0.2) is 48.9 Å². The van der Waals surface area contributed by atoms with E-state index in [0.29, 0.717) is 34.0 Å². The fraction of sp³-hybridized carbons (Fsp3) is 0.160. The second-order valence-corrected chi connectivity index (χ2v) is 11.3. The Hall–Kier alpha value is -3.34. The monoisotopic (exact) mass is 541 g/mol. The van der Waals surface area contributed by atoms with Crippen LogP contribution in [0.25, 0.3) is 11.4 Å². The molecule has 3 aromatic carbocycles. The molecule has 4 aromatic rings. The van der Waals surface area contributed by atoms with Crippen LogP contribution in [0.4, 0.5) is 5.69 Å². The number of aromatic nitrogens is 3. The molecule has 11 heteroatoms. The molecule has 4 rings (SSSR count). The molecule has 1 aromatic heterocycles. The van der Waals surface area contributed by atoms with Crippen molar-refractivity contribution in [2.75, 3.05) is 23.7 Å². The van der Waals surface area contributed by atoms with Gasteiger partial charge in [0.05, 0.1) is 17.0 Å². The average Bonchev–Trinajstić information content (AvgIpc) is 3.36. The number of aromatic amines is 1. The summed E-state index contributed by atoms with van der Waals surface area (Å²) in [4.78, 5) is 16.9. The van der Waals surface area contributed by atoms with E-state index >= 15 is 0 Å². The smallest absolute Gasteiger partial charge is 0.264 e. The van der Waals surface area contributed by atoms with Gasteiger partial charge in [-0.25, -0.2) is 13.4 Å². The minimum absolute atomic E-state index is 0.120. The zero-order valence-electron chi connectivity index (χ0n) is 19.4. The molecular weight excluding hydrogens is 518 g/mol. The van der Waals surface area contributed by atoms with Crippen LogP contribution in [-0.2, 0) is 21.2 Å². The molecule has 0 spiro atoms. The van der Waals surface area contributed by atoms with Gasteiger partial charge in [0.15, 0.2) is 5.82 Å². The van der Waals surface area contributed by atoms with Gasteiger partial charge >= 0.3 is 0 Å². The zero-order chi connectivity index (χ0) is 25.5. The highest BCUT2D eigenvalue weighted by molar-refractivity contribution is 7.99. The maximum atomic E-state index is 12.8. The maximum Gasteiger partial charge on any atom is 0.264 e. The Kier molecular flexibility index (Phi) is 8.29. The molecule has 0 fully saturated rings. The first-order valence-corrected chi connectivity index (χ1v) is 13.8. The lowest BCUT2D eigenvalue weighted by Gasteiger charge is -2.20. The van der Waals surface area contributed by atoms with Crippen LogP contribution in [0.2, 0.25) is 5.02 Å². The Morgan fingerprint density at radius 3 is 2.42 bits per heavy atom. The maximum absolute atomic E-state index is 12.8. The molecule has 0 bridgehead atoms. The largest absolute Gasteiger partial charge is 0.355 e. The van der Waals surface area contributed by atoms with Gasteiger partial charge < -0.3 is 5.32 Å². The second-order valence-electron chi connectivity index (χ2n) is 7.80. The van der Waals surface area contributed by atoms with Gasteiger partial charge in [0.2, 0.25) is 11.1 Å². The lowest BCUT2D eigenvalue weighted by Crippen LogP contribution is -2.27. The third-order valence-electron chi connectivity index (χ3n) is 5.30. The lowest BCUT2D eigenvalue weighted by molar-refractivity contribution is -0.120. The van der Waals surface area contributed by atoms with Gasteiger partial charge in [-0.05, 0) is 42.0 Å². The van der Waals surface area contributed by atoms with Crippen molar-refractivity contribution in [2.24, 2.45) is 0 Å². The summed E-state index contributed by atoms with van der Waals surface area (Å²) < 4.78 is 26.9. The Bertz CT molecular complexity index is 1410. The Balaban J connectivity index is 1.24. The summed E-state index contributed by atoms with van der Waals surface area (Å²) in [5.74, 6) is 1.21. The number of amides is 1. The molecule has 1 amide bonds. The van der Waals surface area contributed by atoms with E-state index in [1.165, 1.54) is 47.4 Å². The van der Waals surface area contributed by atoms with Crippen LogP contribution in [0.15, 0.2) is 88.9 Å². The molecule has 36 heavy (non-hydrogen) atoms. The molecule has 0 atom stereocenters. The van der Waals surface area contributed by atoms with Crippen LogP contribution in [0.3, 0.4) is 0 Å². The highest BCUT2D eigenvalue weighted by Gasteiger charge is 2.21. The summed E-state index contributed by atoms with van der Waals surface area (Å²) in [7, 11) is -2.23. The van der Waals surface area contributed by atoms with E-state index in [-0.39, 0.29) is 17.2 Å². The van der Waals surface area contributed by atoms with E-state index in [0.717, 1.165) is 11.1 Å². The molecular formula is C25H24ClN5O3S2. The van der Waals surface area contributed by atoms with Crippen LogP contribution in [0, 0.1) is 0 Å². The van der Waals surface area contributed by atoms with E-state index in [1.807, 2.05) is 30.3 Å². The molecule has 2 N–H and O–H groups in total. The van der Waals surface area contributed by atoms with Crippen LogP contribution in [0.5, 0.6) is 0 Å². The average molecular weight is 542 g/mol. The lowest BCUT2D eigenvalue weighted by atomic mass is 10.1. The summed E-state index contributed by atoms with van der Waals surface area (Å²) in [6.45, 7) is 0.471. The van der Waals surface area contributed by atoms with E-state index < -0.39 is 10.0 Å². The number of nitrogens with one attached hydrogen (secondary N) is 2. The predicted octanol–water partition coefficient (Wildman–Crippen LogP) is 4.40. The van der Waals surface area contributed by atoms with Crippen LogP contribution in [0.1, 0.15) is 5.56 Å². The molecule has 0 aliphatic rings. The summed E-state index contributed by atoms with van der Waals surface area (Å²) >= 11 is 7.31. The van der Waals surface area contributed by atoms with Gasteiger partial charge in [0.25, 0.3) is 10.0 Å². The number of nitrogens with zero attached hydrogens (tertiary/aromatic N) is 3. The summed E-state index contributed by atoms with van der Waals surface area (Å²) in [6, 6.07) is 22.6. The number of anilines is 1. The van der Waals surface area contributed by atoms with Crippen LogP contribution < -0.4 is 9.62 Å². The predicted molar refractivity (Wildman–Crippen MR) is 143 cm³/mol. The van der Waals surface area contributed by atoms with E-state index in [1.54, 1.807) is 24.3 Å². The van der Waals surface area contributed by atoms with Crippen molar-refractivity contribution in [3.05, 3.63) is 89.4 Å². The van der Waals surface area contributed by atoms with Gasteiger partial charge in [-0.1, -0.05) is 65.8 Å². The van der Waals surface area contributed by atoms with Crippen LogP contribution >= 0.6 is 23.4 Å². The summed E-state index contributed by atoms with van der Waals surface area (Å²) in [5, 5.41) is 11.1. The number of hydrogen-bond donors (Lipinski definition) is 2. The van der Waals surface area contributed by atoms with Crippen molar-refractivity contribution in [1.29, 1.82) is 0 Å². The molecule has 8 nitrogen and oxygen atoms in total. The van der Waals surface area contributed by atoms with Gasteiger partial charge in [0.1, 0.15) is 0 Å². The molecule has 0 aliphatic heterocycles. The van der Waals surface area contributed by atoms with Crippen molar-refractivity contribution < 1.29 is 13.2 Å². The van der Waals surface area contributed by atoms with Gasteiger partial charge in [-0.3, -0.25) is 14.2 Å². The number of carbonyl (C=O) groups excluding carboxylic acids is 1. The summed E-state index contributed by atoms with van der Waals surface area (Å²) in [6.07, 6.45) is 0.192. The number of H-pyrrole nitrogens is 1. The minimum Gasteiger partial charge on any atom is -0.355 e. The molecule has 1 heterocycles. The first-order valence-electron chi connectivity index (χ1n) is 11.0. The first kappa shape index (κ1) is 25.7. The molecule has 0 saturated heterocycles. The van der Waals surface area contributed by atoms with Gasteiger partial charge in [-0.2, -0.15) is 0 Å². The molecule has 0 aliphatic carbocycles. The standard InChI is InChI=1S/C25H24ClN5O3S2/c1-31(36(33,34)22-13-9-20(26)10-14-22)21-11-7-18(8-12-21)17-23(32)27-15-16-35-25-28-24(29-30-25)19-5-3-2-4-6-19/h2-14H,15-17H2,1H3,(H,27,32)(H,28,29,30). The summed E-state index contributed by atoms with van der Waals surface area (Å²) in [5.41, 5.74) is 2.24. The highest BCUT2D eigenvalue weighted by atomic mass is 35.5. The van der Waals surface area contributed by atoms with E-state index in [9.17, 15) is 13.2 Å². The first-order chi connectivity index (χ1) is 17.3. The number of sulfonamides is 1. The highest BCUT2D eigenvalue weighted by Crippen LogP contribution is 2.24. The van der Waals surface area contributed by atoms with Crippen molar-refractivity contribution in [2.45, 2.75) is 16.5 Å². The SMILES string of the molecule is CN(c1ccc(CC(=O)NCCSc2n[nH]c(-c3ccccc3)n2)cc1)S(=O)(=O)c1ccc(Cl)cc1. The Labute approximate surface area is 219 Å². The molecule has 0 saturated carbocycles. The number of carbonyl (C=O) groups is 1. The topological polar surface area (TPSA) is 108 Å². The fourth-order valence-electron chi connectivity index (χ4n) is 3.34. The number of rotatable bonds is 10. The zero-order valence-corrected chi connectivity index (χ0v) is 21.8. The fourth-order valence-corrected chi connectivity index (χ4v) is 5.32. The Morgan fingerprint density at radius 2 is 1.72 bits per heavy atom. The number of thioether (sulfide) groups is 1. The second kappa shape index (κ2) is 11.6. The third-order valence-corrected chi connectivity index (χ3v) is 8.20. The van der Waals surface area contributed by atoms with E-state index in [2.05, 4.69) is 20.5 Å². The van der Waals surface area contributed by atoms with Crippen molar-refractivity contribution in [3.8, 4) is 11.4 Å². The molecule has 186 valence electrons. The quantitative estimate of drug-likeness (QED) is 0.227. The Morgan fingerprint density at radius 1 is 1.03 bits per heavy atom. The number of benzene rings is 3. The normalized spacial score (nSPS) is 11.3. The number of halogens is 1. The van der Waals surface area contributed by atoms with Crippen molar-refractivity contribution >= 4 is 45.0 Å². The minimum atomic E-state index is -3.72. The van der Waals surface area contributed by atoms with Crippen molar-refractivity contribution in [3.63, 3.8) is 0 Å². The van der Waals surface area contributed by atoms with Crippen molar-refractivity contribution in [1.82, 2.24) is 20.5 Å². The molecule has 0 radical (unpaired) electrons. The van der Waals surface area contributed by atoms with Gasteiger partial charge in [-0.15, -0.1) is 5.10 Å².